The van der Waals surface area contributed by atoms with E-state index in [-0.39, 0.29) is 11.9 Å². The van der Waals surface area contributed by atoms with Crippen LogP contribution in [0.15, 0.2) is 0 Å². The molecule has 94 valence electrons. The van der Waals surface area contributed by atoms with Crippen molar-refractivity contribution in [3.05, 3.63) is 0 Å². The molecule has 0 saturated heterocycles. The van der Waals surface area contributed by atoms with Gasteiger partial charge in [0.2, 0.25) is 5.91 Å². The molecule has 0 aliphatic heterocycles. The van der Waals surface area contributed by atoms with Gasteiger partial charge in [0, 0.05) is 6.54 Å². The molecule has 1 atom stereocenters. The fourth-order valence-electron chi connectivity index (χ4n) is 2.32. The molecule has 1 amide bonds. The molecule has 1 aliphatic rings. The minimum atomic E-state index is -0.302. The Kier molecular flexibility index (Phi) is 6.46. The molecule has 3 N–H and O–H groups in total. The van der Waals surface area contributed by atoms with E-state index in [1.807, 2.05) is 0 Å². The number of nitrogens with one attached hydrogen (secondary N) is 1. The van der Waals surface area contributed by atoms with Gasteiger partial charge in [0.1, 0.15) is 0 Å². The number of unbranched alkanes of at least 4 members (excludes halogenated alkanes) is 1. The van der Waals surface area contributed by atoms with Crippen LogP contribution in [0.1, 0.15) is 58.3 Å². The second kappa shape index (κ2) is 7.66. The minimum Gasteiger partial charge on any atom is -0.354 e. The third kappa shape index (κ3) is 4.97. The second-order valence-electron chi connectivity index (χ2n) is 5.00. The van der Waals surface area contributed by atoms with Gasteiger partial charge in [0.15, 0.2) is 0 Å². The van der Waals surface area contributed by atoms with Crippen molar-refractivity contribution < 1.29 is 4.79 Å². The van der Waals surface area contributed by atoms with E-state index in [9.17, 15) is 4.79 Å². The highest BCUT2D eigenvalue weighted by atomic mass is 16.2. The van der Waals surface area contributed by atoms with E-state index >= 15 is 0 Å². The predicted octanol–water partition coefficient (Wildman–Crippen LogP) is 2.20. The van der Waals surface area contributed by atoms with E-state index in [2.05, 4.69) is 12.2 Å². The van der Waals surface area contributed by atoms with Crippen LogP contribution in [-0.2, 0) is 4.79 Å². The number of carbonyl (C=O) groups excluding carboxylic acids is 1. The third-order valence-corrected chi connectivity index (χ3v) is 3.50. The van der Waals surface area contributed by atoms with Crippen molar-refractivity contribution >= 4 is 5.91 Å². The number of hydrogen-bond acceptors (Lipinski definition) is 2. The van der Waals surface area contributed by atoms with Crippen molar-refractivity contribution in [1.29, 1.82) is 0 Å². The van der Waals surface area contributed by atoms with Crippen LogP contribution in [0.4, 0.5) is 0 Å². The van der Waals surface area contributed by atoms with Crippen molar-refractivity contribution in [2.45, 2.75) is 64.3 Å². The molecule has 1 rings (SSSR count). The highest BCUT2D eigenvalue weighted by Gasteiger charge is 2.16. The molecule has 16 heavy (non-hydrogen) atoms. The van der Waals surface area contributed by atoms with Crippen LogP contribution < -0.4 is 11.1 Å². The number of amides is 1. The standard InChI is InChI=1S/C13H26N2O/c1-2-3-9-12(14)13(16)15-10-11-7-5-4-6-8-11/h11-12H,2-10,14H2,1H3,(H,15,16). The third-order valence-electron chi connectivity index (χ3n) is 3.50. The second-order valence-corrected chi connectivity index (χ2v) is 5.00. The summed E-state index contributed by atoms with van der Waals surface area (Å²) < 4.78 is 0. The Balaban J connectivity index is 2.12. The van der Waals surface area contributed by atoms with Gasteiger partial charge in [-0.2, -0.15) is 0 Å². The molecule has 0 aromatic heterocycles. The average molecular weight is 226 g/mol. The van der Waals surface area contributed by atoms with Gasteiger partial charge in [-0.05, 0) is 25.2 Å². The topological polar surface area (TPSA) is 55.1 Å². The first-order valence-electron chi connectivity index (χ1n) is 6.77. The van der Waals surface area contributed by atoms with Gasteiger partial charge in [-0.15, -0.1) is 0 Å². The lowest BCUT2D eigenvalue weighted by atomic mass is 9.89. The summed E-state index contributed by atoms with van der Waals surface area (Å²) in [6.45, 7) is 2.95. The summed E-state index contributed by atoms with van der Waals surface area (Å²) in [4.78, 5) is 11.7. The molecular weight excluding hydrogens is 200 g/mol. The number of hydrogen-bond donors (Lipinski definition) is 2. The molecule has 1 aliphatic carbocycles. The van der Waals surface area contributed by atoms with Crippen molar-refractivity contribution in [3.8, 4) is 0 Å². The molecule has 1 unspecified atom stereocenters. The molecule has 3 heteroatoms. The Bertz CT molecular complexity index is 200. The summed E-state index contributed by atoms with van der Waals surface area (Å²) in [5.74, 6) is 0.732. The van der Waals surface area contributed by atoms with Crippen LogP contribution in [0, 0.1) is 5.92 Å². The number of nitrogens with two attached hydrogens (primary N) is 1. The van der Waals surface area contributed by atoms with Gasteiger partial charge in [-0.25, -0.2) is 0 Å². The van der Waals surface area contributed by atoms with Gasteiger partial charge < -0.3 is 11.1 Å². The zero-order valence-electron chi connectivity index (χ0n) is 10.5. The van der Waals surface area contributed by atoms with E-state index in [0.717, 1.165) is 25.8 Å². The fraction of sp³-hybridized carbons (Fsp3) is 0.923. The SMILES string of the molecule is CCCCC(N)C(=O)NCC1CCCCC1. The van der Waals surface area contributed by atoms with Gasteiger partial charge in [-0.1, -0.05) is 39.0 Å². The highest BCUT2D eigenvalue weighted by Crippen LogP contribution is 2.22. The highest BCUT2D eigenvalue weighted by molar-refractivity contribution is 5.81. The van der Waals surface area contributed by atoms with E-state index in [1.54, 1.807) is 0 Å². The largest absolute Gasteiger partial charge is 0.354 e. The van der Waals surface area contributed by atoms with Gasteiger partial charge >= 0.3 is 0 Å². The Morgan fingerprint density at radius 3 is 2.69 bits per heavy atom. The predicted molar refractivity (Wildman–Crippen MR) is 67.1 cm³/mol. The first-order valence-corrected chi connectivity index (χ1v) is 6.77. The quantitative estimate of drug-likeness (QED) is 0.729. The van der Waals surface area contributed by atoms with Crippen LogP contribution >= 0.6 is 0 Å². The molecule has 1 fully saturated rings. The lowest BCUT2D eigenvalue weighted by Gasteiger charge is -2.22. The molecular formula is C13H26N2O. The van der Waals surface area contributed by atoms with Crippen molar-refractivity contribution in [1.82, 2.24) is 5.32 Å². The van der Waals surface area contributed by atoms with E-state index in [0.29, 0.717) is 5.92 Å². The van der Waals surface area contributed by atoms with E-state index < -0.39 is 0 Å². The lowest BCUT2D eigenvalue weighted by molar-refractivity contribution is -0.122. The van der Waals surface area contributed by atoms with Crippen molar-refractivity contribution in [2.24, 2.45) is 11.7 Å². The Morgan fingerprint density at radius 1 is 1.38 bits per heavy atom. The maximum atomic E-state index is 11.7. The fourth-order valence-corrected chi connectivity index (χ4v) is 2.32. The van der Waals surface area contributed by atoms with Crippen molar-refractivity contribution in [3.63, 3.8) is 0 Å². The maximum absolute atomic E-state index is 11.7. The first kappa shape index (κ1) is 13.5. The van der Waals surface area contributed by atoms with Crippen LogP contribution in [0.5, 0.6) is 0 Å². The summed E-state index contributed by atoms with van der Waals surface area (Å²) in [5.41, 5.74) is 5.81. The van der Waals surface area contributed by atoms with Crippen molar-refractivity contribution in [2.75, 3.05) is 6.54 Å². The molecule has 0 spiro atoms. The average Bonchev–Trinajstić information content (AvgIpc) is 2.34. The summed E-state index contributed by atoms with van der Waals surface area (Å²) >= 11 is 0. The molecule has 1 saturated carbocycles. The lowest BCUT2D eigenvalue weighted by Crippen LogP contribution is -2.42. The molecule has 0 aromatic carbocycles. The number of rotatable bonds is 6. The Labute approximate surface area is 99.2 Å². The Morgan fingerprint density at radius 2 is 2.06 bits per heavy atom. The van der Waals surface area contributed by atoms with Crippen LogP contribution in [0.3, 0.4) is 0 Å². The molecule has 0 aromatic rings. The van der Waals surface area contributed by atoms with E-state index in [1.165, 1.54) is 32.1 Å². The van der Waals surface area contributed by atoms with E-state index in [4.69, 9.17) is 5.73 Å². The zero-order valence-corrected chi connectivity index (χ0v) is 10.5. The monoisotopic (exact) mass is 226 g/mol. The van der Waals surface area contributed by atoms with Gasteiger partial charge in [0.25, 0.3) is 0 Å². The molecule has 3 nitrogen and oxygen atoms in total. The Hall–Kier alpha value is -0.570. The summed E-state index contributed by atoms with van der Waals surface area (Å²) in [7, 11) is 0. The van der Waals surface area contributed by atoms with Gasteiger partial charge in [0.05, 0.1) is 6.04 Å². The number of carbonyl (C=O) groups is 1. The minimum absolute atomic E-state index is 0.0408. The molecule has 0 radical (unpaired) electrons. The summed E-state index contributed by atoms with van der Waals surface area (Å²) in [5, 5.41) is 3.00. The van der Waals surface area contributed by atoms with Crippen LogP contribution in [-0.4, -0.2) is 18.5 Å². The van der Waals surface area contributed by atoms with Crippen LogP contribution in [0.2, 0.25) is 0 Å². The normalized spacial score (nSPS) is 19.4. The van der Waals surface area contributed by atoms with Gasteiger partial charge in [-0.3, -0.25) is 4.79 Å². The maximum Gasteiger partial charge on any atom is 0.236 e. The smallest absolute Gasteiger partial charge is 0.236 e. The first-order chi connectivity index (χ1) is 7.74. The molecule has 0 bridgehead atoms. The summed E-state index contributed by atoms with van der Waals surface area (Å²) in [6.07, 6.45) is 9.49. The zero-order chi connectivity index (χ0) is 11.8. The van der Waals surface area contributed by atoms with Crippen LogP contribution in [0.25, 0.3) is 0 Å². The summed E-state index contributed by atoms with van der Waals surface area (Å²) in [6, 6.07) is -0.302. The molecule has 0 heterocycles.